The van der Waals surface area contributed by atoms with Crippen molar-refractivity contribution in [1.82, 2.24) is 20.0 Å². The first-order chi connectivity index (χ1) is 13.5. The quantitative estimate of drug-likeness (QED) is 0.635. The van der Waals surface area contributed by atoms with Gasteiger partial charge in [-0.15, -0.1) is 0 Å². The molecule has 1 aromatic carbocycles. The van der Waals surface area contributed by atoms with E-state index in [4.69, 9.17) is 0 Å². The van der Waals surface area contributed by atoms with Gasteiger partial charge in [0.2, 0.25) is 0 Å². The summed E-state index contributed by atoms with van der Waals surface area (Å²) >= 11 is 0. The van der Waals surface area contributed by atoms with Crippen LogP contribution in [0.2, 0.25) is 0 Å². The molecule has 7 heteroatoms. The average Bonchev–Trinajstić information content (AvgIpc) is 3.27. The van der Waals surface area contributed by atoms with Crippen LogP contribution >= 0.6 is 0 Å². The molecule has 1 aliphatic carbocycles. The summed E-state index contributed by atoms with van der Waals surface area (Å²) in [5.74, 6) is -0.147. The second-order valence-electron chi connectivity index (χ2n) is 8.14. The maximum absolute atomic E-state index is 12.8. The topological polar surface area (TPSA) is 95.8 Å². The molecule has 1 aliphatic rings. The van der Waals surface area contributed by atoms with Crippen LogP contribution in [0.4, 0.5) is 5.69 Å². The van der Waals surface area contributed by atoms with E-state index in [0.29, 0.717) is 24.3 Å². The van der Waals surface area contributed by atoms with E-state index < -0.39 is 0 Å². The van der Waals surface area contributed by atoms with Crippen LogP contribution in [-0.2, 0) is 19.4 Å². The van der Waals surface area contributed by atoms with E-state index in [1.807, 2.05) is 36.5 Å². The molecule has 146 valence electrons. The molecule has 1 unspecified atom stereocenters. The Labute approximate surface area is 163 Å². The third kappa shape index (κ3) is 3.57. The lowest BCUT2D eigenvalue weighted by Crippen LogP contribution is -2.35. The highest BCUT2D eigenvalue weighted by Gasteiger charge is 2.38. The second kappa shape index (κ2) is 7.24. The van der Waals surface area contributed by atoms with Gasteiger partial charge in [0.1, 0.15) is 0 Å². The first-order valence-corrected chi connectivity index (χ1v) is 9.51. The van der Waals surface area contributed by atoms with Crippen molar-refractivity contribution in [2.75, 3.05) is 11.9 Å². The number of aliphatic hydroxyl groups excluding tert-OH is 1. The molecule has 4 rings (SSSR count). The molecule has 7 nitrogen and oxygen atoms in total. The van der Waals surface area contributed by atoms with Gasteiger partial charge < -0.3 is 10.4 Å². The molecule has 28 heavy (non-hydrogen) atoms. The Balaban J connectivity index is 1.48. The van der Waals surface area contributed by atoms with Gasteiger partial charge in [-0.1, -0.05) is 44.2 Å². The number of anilines is 1. The molecular formula is C21H25N5O2. The third-order valence-electron chi connectivity index (χ3n) is 5.65. The van der Waals surface area contributed by atoms with Crippen LogP contribution in [0.1, 0.15) is 41.2 Å². The molecule has 1 atom stereocenters. The van der Waals surface area contributed by atoms with Gasteiger partial charge in [0.05, 0.1) is 18.4 Å². The molecule has 0 aliphatic heterocycles. The van der Waals surface area contributed by atoms with Crippen molar-refractivity contribution in [3.8, 4) is 0 Å². The predicted molar refractivity (Wildman–Crippen MR) is 106 cm³/mol. The second-order valence-corrected chi connectivity index (χ2v) is 8.14. The van der Waals surface area contributed by atoms with Crippen LogP contribution in [0.5, 0.6) is 0 Å². The first kappa shape index (κ1) is 18.4. The van der Waals surface area contributed by atoms with Crippen molar-refractivity contribution in [1.29, 1.82) is 0 Å². The lowest BCUT2D eigenvalue weighted by Gasteiger charge is -2.37. The molecule has 0 saturated heterocycles. The molecular weight excluding hydrogens is 354 g/mol. The van der Waals surface area contributed by atoms with Gasteiger partial charge >= 0.3 is 0 Å². The SMILES string of the molecule is CC1(C)Cc2[nH]nc(C(=O)Nc3cnn(Cc4ccccc4)c3)c2CC1CO. The molecule has 0 radical (unpaired) electrons. The number of nitrogens with zero attached hydrogens (tertiary/aromatic N) is 3. The Bertz CT molecular complexity index is 974. The Morgan fingerprint density at radius 3 is 2.89 bits per heavy atom. The number of hydrogen-bond acceptors (Lipinski definition) is 4. The predicted octanol–water partition coefficient (Wildman–Crippen LogP) is 2.64. The molecule has 0 bridgehead atoms. The number of H-pyrrole nitrogens is 1. The summed E-state index contributed by atoms with van der Waals surface area (Å²) in [7, 11) is 0. The van der Waals surface area contributed by atoms with Crippen LogP contribution in [0, 0.1) is 11.3 Å². The van der Waals surface area contributed by atoms with Crippen molar-refractivity contribution in [3.05, 3.63) is 65.2 Å². The lowest BCUT2D eigenvalue weighted by atomic mass is 9.68. The number of benzene rings is 1. The maximum atomic E-state index is 12.8. The zero-order valence-electron chi connectivity index (χ0n) is 16.1. The van der Waals surface area contributed by atoms with Crippen molar-refractivity contribution in [3.63, 3.8) is 0 Å². The third-order valence-corrected chi connectivity index (χ3v) is 5.65. The largest absolute Gasteiger partial charge is 0.396 e. The van der Waals surface area contributed by atoms with Crippen LogP contribution in [0.15, 0.2) is 42.7 Å². The van der Waals surface area contributed by atoms with E-state index in [2.05, 4.69) is 34.5 Å². The Morgan fingerprint density at radius 2 is 2.14 bits per heavy atom. The Hall–Kier alpha value is -2.93. The fourth-order valence-corrected chi connectivity index (χ4v) is 3.86. The molecule has 2 heterocycles. The van der Waals surface area contributed by atoms with Crippen LogP contribution < -0.4 is 5.32 Å². The van der Waals surface area contributed by atoms with E-state index in [1.165, 1.54) is 0 Å². The van der Waals surface area contributed by atoms with Crippen molar-refractivity contribution in [2.24, 2.45) is 11.3 Å². The number of amides is 1. The zero-order chi connectivity index (χ0) is 19.7. The molecule has 0 fully saturated rings. The van der Waals surface area contributed by atoms with E-state index in [0.717, 1.165) is 23.2 Å². The van der Waals surface area contributed by atoms with Crippen molar-refractivity contribution in [2.45, 2.75) is 33.2 Å². The summed E-state index contributed by atoms with van der Waals surface area (Å²) in [4.78, 5) is 12.8. The van der Waals surface area contributed by atoms with Gasteiger partial charge in [-0.25, -0.2) is 0 Å². The van der Waals surface area contributed by atoms with Crippen LogP contribution in [0.3, 0.4) is 0 Å². The maximum Gasteiger partial charge on any atom is 0.276 e. The summed E-state index contributed by atoms with van der Waals surface area (Å²) in [5, 5.41) is 24.2. The number of carbonyl (C=O) groups excluding carboxylic acids is 1. The van der Waals surface area contributed by atoms with Crippen LogP contribution in [0.25, 0.3) is 0 Å². The number of aliphatic hydroxyl groups is 1. The van der Waals surface area contributed by atoms with E-state index in [9.17, 15) is 9.90 Å². The number of carbonyl (C=O) groups is 1. The van der Waals surface area contributed by atoms with Gasteiger partial charge in [-0.2, -0.15) is 10.2 Å². The average molecular weight is 379 g/mol. The zero-order valence-corrected chi connectivity index (χ0v) is 16.1. The fraction of sp³-hybridized carbons (Fsp3) is 0.381. The van der Waals surface area contributed by atoms with Gasteiger partial charge in [0.15, 0.2) is 5.69 Å². The number of aromatic amines is 1. The monoisotopic (exact) mass is 379 g/mol. The minimum atomic E-state index is -0.256. The van der Waals surface area contributed by atoms with E-state index >= 15 is 0 Å². The highest BCUT2D eigenvalue weighted by atomic mass is 16.3. The summed E-state index contributed by atoms with van der Waals surface area (Å²) in [5.41, 5.74) is 4.04. The van der Waals surface area contributed by atoms with Crippen molar-refractivity contribution < 1.29 is 9.90 Å². The van der Waals surface area contributed by atoms with Gasteiger partial charge in [0, 0.05) is 24.1 Å². The number of aromatic nitrogens is 4. The van der Waals surface area contributed by atoms with E-state index in [1.54, 1.807) is 10.9 Å². The first-order valence-electron chi connectivity index (χ1n) is 9.51. The minimum Gasteiger partial charge on any atom is -0.396 e. The van der Waals surface area contributed by atoms with Crippen LogP contribution in [-0.4, -0.2) is 37.6 Å². The summed E-state index contributed by atoms with van der Waals surface area (Å²) in [6.07, 6.45) is 4.86. The molecule has 3 aromatic rings. The number of fused-ring (bicyclic) bond motifs is 1. The number of nitrogens with one attached hydrogen (secondary N) is 2. The number of hydrogen-bond donors (Lipinski definition) is 3. The standard InChI is InChI=1S/C21H25N5O2/c1-21(2)9-18-17(8-15(21)13-27)19(25-24-18)20(28)23-16-10-22-26(12-16)11-14-6-4-3-5-7-14/h3-7,10,12,15,27H,8-9,11,13H2,1-2H3,(H,23,28)(H,24,25). The Kier molecular flexibility index (Phi) is 4.77. The molecule has 2 aromatic heterocycles. The highest BCUT2D eigenvalue weighted by molar-refractivity contribution is 6.03. The lowest BCUT2D eigenvalue weighted by molar-refractivity contribution is 0.0994. The van der Waals surface area contributed by atoms with Gasteiger partial charge in [-0.05, 0) is 29.7 Å². The summed E-state index contributed by atoms with van der Waals surface area (Å²) in [6, 6.07) is 10.0. The van der Waals surface area contributed by atoms with E-state index in [-0.39, 0.29) is 23.8 Å². The Morgan fingerprint density at radius 1 is 1.36 bits per heavy atom. The summed E-state index contributed by atoms with van der Waals surface area (Å²) < 4.78 is 1.79. The minimum absolute atomic E-state index is 0.0272. The molecule has 0 spiro atoms. The van der Waals surface area contributed by atoms with Gasteiger partial charge in [-0.3, -0.25) is 14.6 Å². The van der Waals surface area contributed by atoms with Gasteiger partial charge in [0.25, 0.3) is 5.91 Å². The number of rotatable bonds is 5. The smallest absolute Gasteiger partial charge is 0.276 e. The highest BCUT2D eigenvalue weighted by Crippen LogP contribution is 2.39. The summed E-state index contributed by atoms with van der Waals surface area (Å²) in [6.45, 7) is 5.02. The molecule has 1 amide bonds. The normalized spacial score (nSPS) is 17.9. The molecule has 0 saturated carbocycles. The molecule has 3 N–H and O–H groups in total. The fourth-order valence-electron chi connectivity index (χ4n) is 3.86. The van der Waals surface area contributed by atoms with Crippen molar-refractivity contribution >= 4 is 11.6 Å².